The third kappa shape index (κ3) is 0.846. The van der Waals surface area contributed by atoms with Crippen LogP contribution in [0.2, 0.25) is 0 Å². The standard InChI is InChI=1S/C7H9NO/c1-5-4-7(8-9-5)6-2-3-6/h4,6H,2-3H2,1H3. The predicted octanol–water partition coefficient (Wildman–Crippen LogP) is 1.86. The van der Waals surface area contributed by atoms with E-state index in [-0.39, 0.29) is 0 Å². The highest BCUT2D eigenvalue weighted by Gasteiger charge is 2.26. The molecule has 0 N–H and O–H groups in total. The van der Waals surface area contributed by atoms with Gasteiger partial charge in [-0.3, -0.25) is 0 Å². The van der Waals surface area contributed by atoms with E-state index in [0.29, 0.717) is 0 Å². The van der Waals surface area contributed by atoms with Crippen LogP contribution in [0.4, 0.5) is 0 Å². The Balaban J connectivity index is 2.28. The molecule has 0 saturated heterocycles. The lowest BCUT2D eigenvalue weighted by molar-refractivity contribution is 0.390. The first-order valence-corrected chi connectivity index (χ1v) is 3.29. The van der Waals surface area contributed by atoms with Crippen LogP contribution in [-0.2, 0) is 0 Å². The average molecular weight is 123 g/mol. The molecule has 9 heavy (non-hydrogen) atoms. The third-order valence-electron chi connectivity index (χ3n) is 1.64. The maximum atomic E-state index is 4.92. The van der Waals surface area contributed by atoms with Gasteiger partial charge in [-0.15, -0.1) is 0 Å². The molecular formula is C7H9NO. The van der Waals surface area contributed by atoms with Crippen molar-refractivity contribution in [3.63, 3.8) is 0 Å². The van der Waals surface area contributed by atoms with E-state index in [1.165, 1.54) is 12.8 Å². The summed E-state index contributed by atoms with van der Waals surface area (Å²) in [7, 11) is 0. The number of aryl methyl sites for hydroxylation is 1. The molecule has 0 unspecified atom stereocenters. The van der Waals surface area contributed by atoms with Crippen LogP contribution in [0.25, 0.3) is 0 Å². The van der Waals surface area contributed by atoms with Gasteiger partial charge in [-0.1, -0.05) is 5.16 Å². The Morgan fingerprint density at radius 1 is 1.67 bits per heavy atom. The zero-order chi connectivity index (χ0) is 6.27. The number of hydrogen-bond donors (Lipinski definition) is 0. The Morgan fingerprint density at radius 2 is 2.44 bits per heavy atom. The zero-order valence-electron chi connectivity index (χ0n) is 5.42. The van der Waals surface area contributed by atoms with E-state index >= 15 is 0 Å². The molecule has 1 aliphatic carbocycles. The van der Waals surface area contributed by atoms with Gasteiger partial charge in [0.1, 0.15) is 5.76 Å². The Bertz CT molecular complexity index is 212. The molecular weight excluding hydrogens is 114 g/mol. The highest BCUT2D eigenvalue weighted by molar-refractivity contribution is 5.14. The normalized spacial score (nSPS) is 18.3. The molecule has 2 heteroatoms. The summed E-state index contributed by atoms with van der Waals surface area (Å²) in [5.74, 6) is 1.65. The van der Waals surface area contributed by atoms with Crippen molar-refractivity contribution in [2.45, 2.75) is 25.7 Å². The van der Waals surface area contributed by atoms with Gasteiger partial charge in [-0.2, -0.15) is 0 Å². The lowest BCUT2D eigenvalue weighted by atomic mass is 10.3. The Morgan fingerprint density at radius 3 is 2.89 bits per heavy atom. The molecule has 2 nitrogen and oxygen atoms in total. The monoisotopic (exact) mass is 123 g/mol. The fraction of sp³-hybridized carbons (Fsp3) is 0.571. The van der Waals surface area contributed by atoms with Gasteiger partial charge in [-0.05, 0) is 19.8 Å². The van der Waals surface area contributed by atoms with E-state index in [9.17, 15) is 0 Å². The highest BCUT2D eigenvalue weighted by atomic mass is 16.5. The minimum atomic E-state index is 0.724. The Labute approximate surface area is 53.9 Å². The van der Waals surface area contributed by atoms with Crippen LogP contribution in [0.3, 0.4) is 0 Å². The van der Waals surface area contributed by atoms with Crippen molar-refractivity contribution in [3.05, 3.63) is 17.5 Å². The molecule has 0 aromatic carbocycles. The van der Waals surface area contributed by atoms with Crippen molar-refractivity contribution >= 4 is 0 Å². The lowest BCUT2D eigenvalue weighted by Gasteiger charge is -1.78. The van der Waals surface area contributed by atoms with Crippen molar-refractivity contribution in [2.75, 3.05) is 0 Å². The fourth-order valence-electron chi connectivity index (χ4n) is 0.957. The molecule has 0 radical (unpaired) electrons. The van der Waals surface area contributed by atoms with Crippen molar-refractivity contribution < 1.29 is 4.52 Å². The lowest BCUT2D eigenvalue weighted by Crippen LogP contribution is -1.73. The Hall–Kier alpha value is -0.790. The first-order valence-electron chi connectivity index (χ1n) is 3.29. The van der Waals surface area contributed by atoms with Gasteiger partial charge >= 0.3 is 0 Å². The Kier molecular flexibility index (Phi) is 0.891. The third-order valence-corrected chi connectivity index (χ3v) is 1.64. The molecule has 0 amide bonds. The van der Waals surface area contributed by atoms with E-state index in [0.717, 1.165) is 17.4 Å². The van der Waals surface area contributed by atoms with E-state index in [2.05, 4.69) is 5.16 Å². The molecule has 1 aromatic heterocycles. The number of nitrogens with zero attached hydrogens (tertiary/aromatic N) is 1. The van der Waals surface area contributed by atoms with Gasteiger partial charge in [0.05, 0.1) is 5.69 Å². The van der Waals surface area contributed by atoms with Gasteiger partial charge in [-0.25, -0.2) is 0 Å². The second kappa shape index (κ2) is 1.59. The number of hydrogen-bond acceptors (Lipinski definition) is 2. The molecule has 48 valence electrons. The molecule has 0 spiro atoms. The second-order valence-electron chi connectivity index (χ2n) is 2.64. The summed E-state index contributed by atoms with van der Waals surface area (Å²) in [6.07, 6.45) is 2.60. The molecule has 1 aliphatic rings. The van der Waals surface area contributed by atoms with Crippen molar-refractivity contribution in [1.29, 1.82) is 0 Å². The molecule has 2 rings (SSSR count). The molecule has 0 aliphatic heterocycles. The SMILES string of the molecule is Cc1cc(C2CC2)no1. The summed E-state index contributed by atoms with van der Waals surface area (Å²) in [6.45, 7) is 1.93. The quantitative estimate of drug-likeness (QED) is 0.569. The maximum absolute atomic E-state index is 4.92. The van der Waals surface area contributed by atoms with Crippen LogP contribution < -0.4 is 0 Å². The first-order chi connectivity index (χ1) is 4.36. The van der Waals surface area contributed by atoms with E-state index in [1.807, 2.05) is 13.0 Å². The average Bonchev–Trinajstić information content (AvgIpc) is 2.58. The highest BCUT2D eigenvalue weighted by Crippen LogP contribution is 2.39. The minimum Gasteiger partial charge on any atom is -0.361 e. The molecule has 0 atom stereocenters. The number of aromatic nitrogens is 1. The molecule has 1 fully saturated rings. The van der Waals surface area contributed by atoms with Gasteiger partial charge in [0.15, 0.2) is 0 Å². The van der Waals surface area contributed by atoms with Gasteiger partial charge in [0.25, 0.3) is 0 Å². The van der Waals surface area contributed by atoms with E-state index in [1.54, 1.807) is 0 Å². The summed E-state index contributed by atoms with van der Waals surface area (Å²) in [4.78, 5) is 0. The van der Waals surface area contributed by atoms with Crippen molar-refractivity contribution in [1.82, 2.24) is 5.16 Å². The largest absolute Gasteiger partial charge is 0.361 e. The fourth-order valence-corrected chi connectivity index (χ4v) is 0.957. The van der Waals surface area contributed by atoms with E-state index in [4.69, 9.17) is 4.52 Å². The summed E-state index contributed by atoms with van der Waals surface area (Å²) in [5.41, 5.74) is 1.15. The molecule has 1 saturated carbocycles. The molecule has 1 aromatic rings. The van der Waals surface area contributed by atoms with Gasteiger partial charge < -0.3 is 4.52 Å². The topological polar surface area (TPSA) is 26.0 Å². The van der Waals surface area contributed by atoms with Crippen LogP contribution in [0, 0.1) is 6.92 Å². The zero-order valence-corrected chi connectivity index (χ0v) is 5.42. The van der Waals surface area contributed by atoms with Crippen LogP contribution in [-0.4, -0.2) is 5.16 Å². The molecule has 1 heterocycles. The molecule has 0 bridgehead atoms. The minimum absolute atomic E-state index is 0.724. The van der Waals surface area contributed by atoms with E-state index < -0.39 is 0 Å². The smallest absolute Gasteiger partial charge is 0.133 e. The number of rotatable bonds is 1. The second-order valence-corrected chi connectivity index (χ2v) is 2.64. The van der Waals surface area contributed by atoms with Crippen LogP contribution in [0.15, 0.2) is 10.6 Å². The summed E-state index contributed by atoms with van der Waals surface area (Å²) >= 11 is 0. The summed E-state index contributed by atoms with van der Waals surface area (Å²) in [5, 5.41) is 3.90. The van der Waals surface area contributed by atoms with Crippen molar-refractivity contribution in [2.24, 2.45) is 0 Å². The van der Waals surface area contributed by atoms with Crippen LogP contribution >= 0.6 is 0 Å². The van der Waals surface area contributed by atoms with Crippen molar-refractivity contribution in [3.8, 4) is 0 Å². The van der Waals surface area contributed by atoms with Gasteiger partial charge in [0, 0.05) is 12.0 Å². The maximum Gasteiger partial charge on any atom is 0.133 e. The predicted molar refractivity (Wildman–Crippen MR) is 33.2 cm³/mol. The summed E-state index contributed by atoms with van der Waals surface area (Å²) < 4.78 is 4.92. The van der Waals surface area contributed by atoms with Crippen LogP contribution in [0.1, 0.15) is 30.2 Å². The first kappa shape index (κ1) is 5.03. The summed E-state index contributed by atoms with van der Waals surface area (Å²) in [6, 6.07) is 2.03. The van der Waals surface area contributed by atoms with Crippen LogP contribution in [0.5, 0.6) is 0 Å². The van der Waals surface area contributed by atoms with Gasteiger partial charge in [0.2, 0.25) is 0 Å².